The van der Waals surface area contributed by atoms with Crippen molar-refractivity contribution in [3.05, 3.63) is 23.4 Å². The minimum absolute atomic E-state index is 0.0769. The van der Waals surface area contributed by atoms with Crippen molar-refractivity contribution < 1.29 is 5.11 Å². The lowest BCUT2D eigenvalue weighted by Crippen LogP contribution is -1.92. The highest BCUT2D eigenvalue weighted by Gasteiger charge is 1.98. The third-order valence-corrected chi connectivity index (χ3v) is 2.19. The van der Waals surface area contributed by atoms with Crippen molar-refractivity contribution >= 4 is 11.8 Å². The first kappa shape index (κ1) is 8.56. The molecule has 0 aromatic carbocycles. The number of thioether (sulfide) groups is 1. The Bertz CT molecular complexity index is 250. The van der Waals surface area contributed by atoms with Gasteiger partial charge in [-0.15, -0.1) is 11.8 Å². The van der Waals surface area contributed by atoms with Crippen LogP contribution in [0, 0.1) is 6.92 Å². The van der Waals surface area contributed by atoms with Gasteiger partial charge in [-0.25, -0.2) is 4.98 Å². The second-order valence-electron chi connectivity index (χ2n) is 2.26. The zero-order chi connectivity index (χ0) is 8.27. The molecule has 0 atom stereocenters. The van der Waals surface area contributed by atoms with E-state index < -0.39 is 0 Å². The van der Waals surface area contributed by atoms with Crippen LogP contribution in [-0.4, -0.2) is 16.3 Å². The van der Waals surface area contributed by atoms with E-state index in [2.05, 4.69) is 4.98 Å². The van der Waals surface area contributed by atoms with E-state index in [1.807, 2.05) is 25.3 Å². The molecule has 1 N–H and O–H groups in total. The Kier molecular flexibility index (Phi) is 2.91. The van der Waals surface area contributed by atoms with Crippen LogP contribution < -0.4 is 0 Å². The molecule has 0 spiro atoms. The van der Waals surface area contributed by atoms with Crippen molar-refractivity contribution in [1.29, 1.82) is 0 Å². The fourth-order valence-electron chi connectivity index (χ4n) is 0.848. The first-order valence-corrected chi connectivity index (χ1v) is 4.61. The number of pyridine rings is 1. The summed E-state index contributed by atoms with van der Waals surface area (Å²) in [7, 11) is 0. The maximum atomic E-state index is 8.84. The van der Waals surface area contributed by atoms with Crippen molar-refractivity contribution in [1.82, 2.24) is 4.98 Å². The van der Waals surface area contributed by atoms with Gasteiger partial charge >= 0.3 is 0 Å². The van der Waals surface area contributed by atoms with E-state index >= 15 is 0 Å². The Hall–Kier alpha value is -0.540. The topological polar surface area (TPSA) is 33.1 Å². The average molecular weight is 169 g/mol. The van der Waals surface area contributed by atoms with Crippen LogP contribution in [0.3, 0.4) is 0 Å². The van der Waals surface area contributed by atoms with Crippen LogP contribution in [0.25, 0.3) is 0 Å². The van der Waals surface area contributed by atoms with E-state index in [9.17, 15) is 0 Å². The molecule has 0 aliphatic carbocycles. The van der Waals surface area contributed by atoms with Gasteiger partial charge in [0.05, 0.1) is 11.6 Å². The van der Waals surface area contributed by atoms with E-state index in [1.165, 1.54) is 0 Å². The Morgan fingerprint density at radius 2 is 2.27 bits per heavy atom. The standard InChI is InChI=1S/C8H11NOS/c1-6-7(5-10)3-4-8(9-6)11-2/h3-4,10H,5H2,1-2H3. The summed E-state index contributed by atoms with van der Waals surface area (Å²) in [5, 5.41) is 9.83. The average Bonchev–Trinajstić information content (AvgIpc) is 2.04. The van der Waals surface area contributed by atoms with Crippen LogP contribution in [0.4, 0.5) is 0 Å². The monoisotopic (exact) mass is 169 g/mol. The highest BCUT2D eigenvalue weighted by atomic mass is 32.2. The molecule has 0 aliphatic rings. The molecule has 11 heavy (non-hydrogen) atoms. The predicted molar refractivity (Wildman–Crippen MR) is 46.7 cm³/mol. The summed E-state index contributed by atoms with van der Waals surface area (Å²) in [5.74, 6) is 0. The molecule has 0 saturated heterocycles. The van der Waals surface area contributed by atoms with Crippen molar-refractivity contribution in [2.24, 2.45) is 0 Å². The summed E-state index contributed by atoms with van der Waals surface area (Å²) in [5.41, 5.74) is 1.82. The van der Waals surface area contributed by atoms with Gasteiger partial charge in [0.25, 0.3) is 0 Å². The number of hydrogen-bond acceptors (Lipinski definition) is 3. The van der Waals surface area contributed by atoms with Crippen molar-refractivity contribution in [2.45, 2.75) is 18.6 Å². The number of hydrogen-bond donors (Lipinski definition) is 1. The largest absolute Gasteiger partial charge is 0.392 e. The number of aliphatic hydroxyl groups excluding tert-OH is 1. The Morgan fingerprint density at radius 3 is 2.73 bits per heavy atom. The quantitative estimate of drug-likeness (QED) is 0.683. The second-order valence-corrected chi connectivity index (χ2v) is 3.08. The molecule has 1 heterocycles. The SMILES string of the molecule is CSc1ccc(CO)c(C)n1. The number of aliphatic hydroxyl groups is 1. The summed E-state index contributed by atoms with van der Waals surface area (Å²) >= 11 is 1.61. The van der Waals surface area contributed by atoms with Gasteiger partial charge in [-0.1, -0.05) is 6.07 Å². The van der Waals surface area contributed by atoms with Crippen LogP contribution in [0.5, 0.6) is 0 Å². The summed E-state index contributed by atoms with van der Waals surface area (Å²) in [6, 6.07) is 3.83. The molecule has 3 heteroatoms. The van der Waals surface area contributed by atoms with Gasteiger partial charge in [-0.3, -0.25) is 0 Å². The smallest absolute Gasteiger partial charge is 0.0960 e. The first-order valence-electron chi connectivity index (χ1n) is 3.39. The molecular formula is C8H11NOS. The van der Waals surface area contributed by atoms with Crippen LogP contribution in [0.15, 0.2) is 17.2 Å². The van der Waals surface area contributed by atoms with E-state index in [-0.39, 0.29) is 6.61 Å². The van der Waals surface area contributed by atoms with Crippen LogP contribution >= 0.6 is 11.8 Å². The number of rotatable bonds is 2. The molecule has 0 radical (unpaired) electrons. The molecule has 0 amide bonds. The van der Waals surface area contributed by atoms with Gasteiger partial charge in [0, 0.05) is 5.69 Å². The predicted octanol–water partition coefficient (Wildman–Crippen LogP) is 1.60. The van der Waals surface area contributed by atoms with E-state index in [0.717, 1.165) is 16.3 Å². The van der Waals surface area contributed by atoms with Crippen LogP contribution in [0.2, 0.25) is 0 Å². The maximum absolute atomic E-state index is 8.84. The molecule has 0 fully saturated rings. The third kappa shape index (κ3) is 1.94. The first-order chi connectivity index (χ1) is 5.27. The van der Waals surface area contributed by atoms with Crippen molar-refractivity contribution in [2.75, 3.05) is 6.26 Å². The van der Waals surface area contributed by atoms with Crippen molar-refractivity contribution in [3.8, 4) is 0 Å². The minimum atomic E-state index is 0.0769. The summed E-state index contributed by atoms with van der Waals surface area (Å²) in [6.45, 7) is 1.98. The van der Waals surface area contributed by atoms with E-state index in [4.69, 9.17) is 5.11 Å². The van der Waals surface area contributed by atoms with Gasteiger partial charge in [0.2, 0.25) is 0 Å². The molecule has 1 rings (SSSR count). The molecule has 0 aliphatic heterocycles. The molecular weight excluding hydrogens is 158 g/mol. The Balaban J connectivity index is 2.99. The summed E-state index contributed by atoms with van der Waals surface area (Å²) in [4.78, 5) is 4.27. The molecule has 0 bridgehead atoms. The molecule has 1 aromatic rings. The van der Waals surface area contributed by atoms with Gasteiger partial charge in [0.15, 0.2) is 0 Å². The summed E-state index contributed by atoms with van der Waals surface area (Å²) < 4.78 is 0. The molecule has 1 aromatic heterocycles. The van der Waals surface area contributed by atoms with Gasteiger partial charge in [0.1, 0.15) is 0 Å². The number of nitrogens with zero attached hydrogens (tertiary/aromatic N) is 1. The normalized spacial score (nSPS) is 10.1. The summed E-state index contributed by atoms with van der Waals surface area (Å²) in [6.07, 6.45) is 1.99. The Morgan fingerprint density at radius 1 is 1.55 bits per heavy atom. The lowest BCUT2D eigenvalue weighted by Gasteiger charge is -2.02. The lowest BCUT2D eigenvalue weighted by molar-refractivity contribution is 0.280. The molecule has 2 nitrogen and oxygen atoms in total. The van der Waals surface area contributed by atoms with Crippen molar-refractivity contribution in [3.63, 3.8) is 0 Å². The van der Waals surface area contributed by atoms with Gasteiger partial charge < -0.3 is 5.11 Å². The zero-order valence-corrected chi connectivity index (χ0v) is 7.48. The van der Waals surface area contributed by atoms with Gasteiger partial charge in [-0.2, -0.15) is 0 Å². The highest BCUT2D eigenvalue weighted by Crippen LogP contribution is 2.14. The second kappa shape index (κ2) is 3.74. The highest BCUT2D eigenvalue weighted by molar-refractivity contribution is 7.98. The third-order valence-electron chi connectivity index (χ3n) is 1.55. The van der Waals surface area contributed by atoms with E-state index in [1.54, 1.807) is 11.8 Å². The Labute approximate surface area is 70.7 Å². The van der Waals surface area contributed by atoms with E-state index in [0.29, 0.717) is 0 Å². The zero-order valence-electron chi connectivity index (χ0n) is 6.66. The maximum Gasteiger partial charge on any atom is 0.0960 e. The molecule has 60 valence electrons. The number of aryl methyl sites for hydroxylation is 1. The minimum Gasteiger partial charge on any atom is -0.392 e. The van der Waals surface area contributed by atoms with Crippen LogP contribution in [-0.2, 0) is 6.61 Å². The lowest BCUT2D eigenvalue weighted by atomic mass is 10.2. The number of aromatic nitrogens is 1. The van der Waals surface area contributed by atoms with Gasteiger partial charge in [-0.05, 0) is 24.8 Å². The molecule has 0 saturated carbocycles. The van der Waals surface area contributed by atoms with Crippen LogP contribution in [0.1, 0.15) is 11.3 Å². The molecule has 0 unspecified atom stereocenters. The fourth-order valence-corrected chi connectivity index (χ4v) is 1.28. The fraction of sp³-hybridized carbons (Fsp3) is 0.375.